The molecule has 0 aliphatic heterocycles. The Morgan fingerprint density at radius 2 is 2.09 bits per heavy atom. The third-order valence-electron chi connectivity index (χ3n) is 3.21. The van der Waals surface area contributed by atoms with E-state index in [1.807, 2.05) is 18.2 Å². The number of hydrogen-bond donors (Lipinski definition) is 1. The van der Waals surface area contributed by atoms with Crippen molar-refractivity contribution in [3.05, 3.63) is 29.3 Å². The van der Waals surface area contributed by atoms with Crippen LogP contribution in [0.15, 0.2) is 24.3 Å². The summed E-state index contributed by atoms with van der Waals surface area (Å²) in [4.78, 5) is 13.1. The van der Waals surface area contributed by atoms with Gasteiger partial charge in [0.1, 0.15) is 6.54 Å². The normalized spacial score (nSPS) is 10.6. The van der Waals surface area contributed by atoms with E-state index in [9.17, 15) is 4.79 Å². The van der Waals surface area contributed by atoms with E-state index in [1.165, 1.54) is 17.6 Å². The van der Waals surface area contributed by atoms with E-state index >= 15 is 0 Å². The molecule has 1 amide bonds. The number of hydrogen-bond acceptors (Lipinski definition) is 4. The van der Waals surface area contributed by atoms with Gasteiger partial charge in [-0.1, -0.05) is 49.9 Å². The summed E-state index contributed by atoms with van der Waals surface area (Å²) in [6.07, 6.45) is 4.51. The van der Waals surface area contributed by atoms with Crippen LogP contribution in [0.4, 0.5) is 0 Å². The number of rotatable bonds is 8. The zero-order valence-electron chi connectivity index (χ0n) is 12.6. The Balaban J connectivity index is 1.84. The van der Waals surface area contributed by atoms with E-state index in [-0.39, 0.29) is 12.5 Å². The van der Waals surface area contributed by atoms with Gasteiger partial charge in [0.15, 0.2) is 0 Å². The van der Waals surface area contributed by atoms with Gasteiger partial charge < -0.3 is 5.32 Å². The Bertz CT molecular complexity index is 613. The van der Waals surface area contributed by atoms with Crippen LogP contribution < -0.4 is 5.32 Å². The van der Waals surface area contributed by atoms with Gasteiger partial charge in [-0.2, -0.15) is 4.80 Å². The van der Waals surface area contributed by atoms with Gasteiger partial charge in [-0.05, 0) is 23.8 Å². The van der Waals surface area contributed by atoms with Crippen LogP contribution in [-0.4, -0.2) is 32.7 Å². The summed E-state index contributed by atoms with van der Waals surface area (Å²) in [5, 5.41) is 15.4. The van der Waals surface area contributed by atoms with E-state index in [4.69, 9.17) is 11.6 Å². The van der Waals surface area contributed by atoms with Gasteiger partial charge in [-0.15, -0.1) is 10.2 Å². The molecule has 1 aromatic heterocycles. The van der Waals surface area contributed by atoms with Gasteiger partial charge in [0.2, 0.25) is 11.7 Å². The zero-order valence-corrected chi connectivity index (χ0v) is 13.4. The number of nitrogens with one attached hydrogen (secondary N) is 1. The first kappa shape index (κ1) is 16.4. The Hall–Kier alpha value is -1.95. The van der Waals surface area contributed by atoms with Crippen molar-refractivity contribution in [1.82, 2.24) is 25.5 Å². The predicted octanol–water partition coefficient (Wildman–Crippen LogP) is 2.69. The molecule has 0 spiro atoms. The van der Waals surface area contributed by atoms with Crippen molar-refractivity contribution < 1.29 is 4.79 Å². The summed E-state index contributed by atoms with van der Waals surface area (Å²) >= 11 is 6.09. The minimum absolute atomic E-state index is 0.0607. The molecule has 22 heavy (non-hydrogen) atoms. The van der Waals surface area contributed by atoms with Gasteiger partial charge in [-0.3, -0.25) is 4.79 Å². The molecule has 0 radical (unpaired) electrons. The van der Waals surface area contributed by atoms with E-state index in [1.54, 1.807) is 6.07 Å². The van der Waals surface area contributed by atoms with Crippen molar-refractivity contribution in [2.75, 3.05) is 6.54 Å². The van der Waals surface area contributed by atoms with Crippen molar-refractivity contribution in [3.63, 3.8) is 0 Å². The van der Waals surface area contributed by atoms with Crippen molar-refractivity contribution in [1.29, 1.82) is 0 Å². The van der Waals surface area contributed by atoms with Crippen molar-refractivity contribution >= 4 is 17.5 Å². The monoisotopic (exact) mass is 321 g/mol. The third kappa shape index (κ3) is 4.80. The topological polar surface area (TPSA) is 72.7 Å². The molecule has 0 atom stereocenters. The first-order valence-corrected chi connectivity index (χ1v) is 7.88. The van der Waals surface area contributed by atoms with Gasteiger partial charge in [0.05, 0.1) is 5.02 Å². The fourth-order valence-electron chi connectivity index (χ4n) is 2.02. The highest BCUT2D eigenvalue weighted by Gasteiger charge is 2.11. The molecule has 0 unspecified atom stereocenters. The molecule has 1 N–H and O–H groups in total. The maximum atomic E-state index is 11.8. The van der Waals surface area contributed by atoms with E-state index in [0.29, 0.717) is 23.0 Å². The molecular weight excluding hydrogens is 302 g/mol. The molecule has 0 saturated carbocycles. The number of carbonyl (C=O) groups is 1. The van der Waals surface area contributed by atoms with Crippen LogP contribution in [0.5, 0.6) is 0 Å². The van der Waals surface area contributed by atoms with Gasteiger partial charge in [-0.25, -0.2) is 0 Å². The standard InChI is InChI=1S/C15H20ClN5O/c1-2-3-4-7-10-17-14(22)11-21-19-15(18-20-21)12-8-5-6-9-13(12)16/h5-6,8-9H,2-4,7,10-11H2,1H3,(H,17,22). The first-order chi connectivity index (χ1) is 10.7. The second kappa shape index (κ2) is 8.48. The molecule has 0 saturated heterocycles. The summed E-state index contributed by atoms with van der Waals surface area (Å²) in [6, 6.07) is 7.27. The zero-order chi connectivity index (χ0) is 15.8. The molecule has 118 valence electrons. The molecule has 7 heteroatoms. The molecule has 1 aromatic carbocycles. The molecule has 2 aromatic rings. The molecule has 6 nitrogen and oxygen atoms in total. The summed E-state index contributed by atoms with van der Waals surface area (Å²) in [5.41, 5.74) is 0.704. The van der Waals surface area contributed by atoms with Crippen LogP contribution >= 0.6 is 11.6 Å². The Kier molecular flexibility index (Phi) is 6.33. The molecule has 0 aliphatic rings. The van der Waals surface area contributed by atoms with Gasteiger partial charge >= 0.3 is 0 Å². The van der Waals surface area contributed by atoms with Crippen LogP contribution in [0.3, 0.4) is 0 Å². The molecule has 2 rings (SSSR count). The number of nitrogens with zero attached hydrogens (tertiary/aromatic N) is 4. The van der Waals surface area contributed by atoms with Crippen LogP contribution in [0, 0.1) is 0 Å². The van der Waals surface area contributed by atoms with E-state index in [0.717, 1.165) is 12.8 Å². The third-order valence-corrected chi connectivity index (χ3v) is 3.53. The van der Waals surface area contributed by atoms with E-state index in [2.05, 4.69) is 27.7 Å². The van der Waals surface area contributed by atoms with Crippen molar-refractivity contribution in [3.8, 4) is 11.4 Å². The number of carbonyl (C=O) groups excluding carboxylic acids is 1. The van der Waals surface area contributed by atoms with Crippen molar-refractivity contribution in [2.45, 2.75) is 39.2 Å². The lowest BCUT2D eigenvalue weighted by atomic mass is 10.2. The fourth-order valence-corrected chi connectivity index (χ4v) is 2.24. The summed E-state index contributed by atoms with van der Waals surface area (Å²) < 4.78 is 0. The van der Waals surface area contributed by atoms with Crippen LogP contribution in [0.2, 0.25) is 5.02 Å². The highest BCUT2D eigenvalue weighted by molar-refractivity contribution is 6.33. The Labute approximate surface area is 134 Å². The lowest BCUT2D eigenvalue weighted by molar-refractivity contribution is -0.122. The summed E-state index contributed by atoms with van der Waals surface area (Å²) in [7, 11) is 0. The maximum absolute atomic E-state index is 11.8. The summed E-state index contributed by atoms with van der Waals surface area (Å²) in [6.45, 7) is 2.90. The number of tetrazole rings is 1. The second-order valence-corrected chi connectivity index (χ2v) is 5.44. The lowest BCUT2D eigenvalue weighted by Gasteiger charge is -2.03. The van der Waals surface area contributed by atoms with Crippen LogP contribution in [-0.2, 0) is 11.3 Å². The predicted molar refractivity (Wildman–Crippen MR) is 85.4 cm³/mol. The fraction of sp³-hybridized carbons (Fsp3) is 0.467. The Morgan fingerprint density at radius 3 is 2.86 bits per heavy atom. The number of halogens is 1. The molecule has 1 heterocycles. The average molecular weight is 322 g/mol. The molecule has 0 aliphatic carbocycles. The number of aromatic nitrogens is 4. The highest BCUT2D eigenvalue weighted by Crippen LogP contribution is 2.23. The first-order valence-electron chi connectivity index (χ1n) is 7.50. The van der Waals surface area contributed by atoms with Gasteiger partial charge in [0.25, 0.3) is 0 Å². The number of unbranched alkanes of at least 4 members (excludes halogenated alkanes) is 3. The average Bonchev–Trinajstić information content (AvgIpc) is 2.95. The molecular formula is C15H20ClN5O. The highest BCUT2D eigenvalue weighted by atomic mass is 35.5. The minimum Gasteiger partial charge on any atom is -0.354 e. The maximum Gasteiger partial charge on any atom is 0.243 e. The van der Waals surface area contributed by atoms with E-state index < -0.39 is 0 Å². The quantitative estimate of drug-likeness (QED) is 0.759. The summed E-state index contributed by atoms with van der Waals surface area (Å²) in [5.74, 6) is 0.306. The lowest BCUT2D eigenvalue weighted by Crippen LogP contribution is -2.29. The van der Waals surface area contributed by atoms with Gasteiger partial charge in [0, 0.05) is 12.1 Å². The minimum atomic E-state index is -0.111. The Morgan fingerprint density at radius 1 is 1.27 bits per heavy atom. The molecule has 0 bridgehead atoms. The smallest absolute Gasteiger partial charge is 0.243 e. The largest absolute Gasteiger partial charge is 0.354 e. The van der Waals surface area contributed by atoms with Crippen LogP contribution in [0.25, 0.3) is 11.4 Å². The number of benzene rings is 1. The second-order valence-electron chi connectivity index (χ2n) is 5.03. The SMILES string of the molecule is CCCCCCNC(=O)Cn1nnc(-c2ccccc2Cl)n1. The molecule has 0 fully saturated rings. The van der Waals surface area contributed by atoms with Crippen molar-refractivity contribution in [2.24, 2.45) is 0 Å². The number of amides is 1. The van der Waals surface area contributed by atoms with Crippen LogP contribution in [0.1, 0.15) is 32.6 Å².